The Morgan fingerprint density at radius 1 is 1.07 bits per heavy atom. The number of ether oxygens (including phenoxy) is 1. The van der Waals surface area contributed by atoms with Crippen molar-refractivity contribution in [1.82, 2.24) is 4.90 Å². The van der Waals surface area contributed by atoms with E-state index in [1.807, 2.05) is 52.0 Å². The SMILES string of the molecule is CCOc1ccc(C(C)N(C)C(=O)c2cccc(NC(=O)C(C)C)c2)cc1. The molecule has 1 N–H and O–H groups in total. The summed E-state index contributed by atoms with van der Waals surface area (Å²) in [5.41, 5.74) is 2.19. The summed E-state index contributed by atoms with van der Waals surface area (Å²) in [7, 11) is 1.78. The fraction of sp³-hybridized carbons (Fsp3) is 0.364. The monoisotopic (exact) mass is 368 g/mol. The Kier molecular flexibility index (Phi) is 6.99. The number of rotatable bonds is 7. The third-order valence-corrected chi connectivity index (χ3v) is 4.48. The van der Waals surface area contributed by atoms with E-state index in [1.165, 1.54) is 0 Å². The molecule has 0 bridgehead atoms. The van der Waals surface area contributed by atoms with Gasteiger partial charge in [-0.2, -0.15) is 0 Å². The molecule has 0 aliphatic heterocycles. The zero-order valence-corrected chi connectivity index (χ0v) is 16.7. The molecule has 5 heteroatoms. The van der Waals surface area contributed by atoms with E-state index >= 15 is 0 Å². The number of nitrogens with zero attached hydrogens (tertiary/aromatic N) is 1. The summed E-state index contributed by atoms with van der Waals surface area (Å²) in [6.07, 6.45) is 0. The van der Waals surface area contributed by atoms with Crippen LogP contribution in [0.5, 0.6) is 5.75 Å². The van der Waals surface area contributed by atoms with Crippen LogP contribution in [0, 0.1) is 5.92 Å². The van der Waals surface area contributed by atoms with Gasteiger partial charge in [0.25, 0.3) is 5.91 Å². The zero-order valence-electron chi connectivity index (χ0n) is 16.7. The second-order valence-electron chi connectivity index (χ2n) is 6.82. The molecule has 0 spiro atoms. The fourth-order valence-electron chi connectivity index (χ4n) is 2.63. The summed E-state index contributed by atoms with van der Waals surface area (Å²) in [5.74, 6) is 0.524. The smallest absolute Gasteiger partial charge is 0.254 e. The Morgan fingerprint density at radius 2 is 1.74 bits per heavy atom. The lowest BCUT2D eigenvalue weighted by Crippen LogP contribution is -2.29. The second kappa shape index (κ2) is 9.21. The maximum atomic E-state index is 12.9. The summed E-state index contributed by atoms with van der Waals surface area (Å²) >= 11 is 0. The van der Waals surface area contributed by atoms with Crippen LogP contribution in [-0.4, -0.2) is 30.4 Å². The summed E-state index contributed by atoms with van der Waals surface area (Å²) in [6, 6.07) is 14.7. The first-order valence-electron chi connectivity index (χ1n) is 9.24. The first kappa shape index (κ1) is 20.5. The van der Waals surface area contributed by atoms with E-state index in [2.05, 4.69) is 5.32 Å². The number of hydrogen-bond donors (Lipinski definition) is 1. The Labute approximate surface area is 161 Å². The number of benzene rings is 2. The Balaban J connectivity index is 2.12. The molecule has 0 radical (unpaired) electrons. The van der Waals surface area contributed by atoms with Gasteiger partial charge < -0.3 is 15.0 Å². The van der Waals surface area contributed by atoms with Crippen LogP contribution < -0.4 is 10.1 Å². The van der Waals surface area contributed by atoms with Gasteiger partial charge in [0, 0.05) is 24.2 Å². The predicted molar refractivity (Wildman–Crippen MR) is 108 cm³/mol. The molecule has 27 heavy (non-hydrogen) atoms. The van der Waals surface area contributed by atoms with E-state index in [4.69, 9.17) is 4.74 Å². The topological polar surface area (TPSA) is 58.6 Å². The van der Waals surface area contributed by atoms with Crippen LogP contribution in [0.25, 0.3) is 0 Å². The number of hydrogen-bond acceptors (Lipinski definition) is 3. The molecule has 0 aliphatic carbocycles. The van der Waals surface area contributed by atoms with E-state index in [1.54, 1.807) is 36.2 Å². The van der Waals surface area contributed by atoms with Crippen molar-refractivity contribution in [2.24, 2.45) is 5.92 Å². The van der Waals surface area contributed by atoms with Crippen molar-refractivity contribution in [2.75, 3.05) is 19.0 Å². The van der Waals surface area contributed by atoms with Crippen LogP contribution in [0.15, 0.2) is 48.5 Å². The van der Waals surface area contributed by atoms with E-state index in [0.717, 1.165) is 11.3 Å². The molecule has 1 unspecified atom stereocenters. The standard InChI is InChI=1S/C22H28N2O3/c1-6-27-20-12-10-17(11-13-20)16(4)24(5)22(26)18-8-7-9-19(14-18)23-21(25)15(2)3/h7-16H,6H2,1-5H3,(H,23,25). The average Bonchev–Trinajstić information content (AvgIpc) is 2.67. The van der Waals surface area contributed by atoms with Crippen molar-refractivity contribution in [3.63, 3.8) is 0 Å². The Hall–Kier alpha value is -2.82. The van der Waals surface area contributed by atoms with Gasteiger partial charge in [-0.25, -0.2) is 0 Å². The van der Waals surface area contributed by atoms with Crippen molar-refractivity contribution in [1.29, 1.82) is 0 Å². The average molecular weight is 368 g/mol. The molecule has 0 saturated carbocycles. The highest BCUT2D eigenvalue weighted by molar-refractivity contribution is 5.97. The largest absolute Gasteiger partial charge is 0.494 e. The predicted octanol–water partition coefficient (Wildman–Crippen LogP) is 4.51. The maximum absolute atomic E-state index is 12.9. The van der Waals surface area contributed by atoms with Crippen molar-refractivity contribution in [2.45, 2.75) is 33.7 Å². The lowest BCUT2D eigenvalue weighted by molar-refractivity contribution is -0.118. The highest BCUT2D eigenvalue weighted by atomic mass is 16.5. The fourth-order valence-corrected chi connectivity index (χ4v) is 2.63. The van der Waals surface area contributed by atoms with Gasteiger partial charge in [-0.15, -0.1) is 0 Å². The van der Waals surface area contributed by atoms with E-state index in [-0.39, 0.29) is 23.8 Å². The molecule has 0 heterocycles. The second-order valence-corrected chi connectivity index (χ2v) is 6.82. The van der Waals surface area contributed by atoms with Gasteiger partial charge in [-0.05, 0) is 49.7 Å². The van der Waals surface area contributed by atoms with E-state index in [0.29, 0.717) is 17.9 Å². The molecule has 144 valence electrons. The molecule has 1 atom stereocenters. The molecule has 0 saturated heterocycles. The molecular weight excluding hydrogens is 340 g/mol. The number of amides is 2. The highest BCUT2D eigenvalue weighted by Crippen LogP contribution is 2.24. The summed E-state index contributed by atoms with van der Waals surface area (Å²) in [5, 5.41) is 2.83. The first-order valence-corrected chi connectivity index (χ1v) is 9.24. The van der Waals surface area contributed by atoms with Crippen LogP contribution >= 0.6 is 0 Å². The minimum atomic E-state index is -0.119. The molecule has 2 aromatic rings. The molecule has 2 amide bonds. The summed E-state index contributed by atoms with van der Waals surface area (Å²) in [4.78, 5) is 26.5. The van der Waals surface area contributed by atoms with E-state index in [9.17, 15) is 9.59 Å². The third-order valence-electron chi connectivity index (χ3n) is 4.48. The minimum absolute atomic E-state index is 0.0734. The Morgan fingerprint density at radius 3 is 2.33 bits per heavy atom. The highest BCUT2D eigenvalue weighted by Gasteiger charge is 2.19. The molecule has 2 rings (SSSR count). The van der Waals surface area contributed by atoms with Gasteiger partial charge in [0.05, 0.1) is 12.6 Å². The van der Waals surface area contributed by atoms with Crippen molar-refractivity contribution in [3.05, 3.63) is 59.7 Å². The summed E-state index contributed by atoms with van der Waals surface area (Å²) < 4.78 is 5.46. The number of anilines is 1. The lowest BCUT2D eigenvalue weighted by Gasteiger charge is -2.26. The Bertz CT molecular complexity index is 784. The van der Waals surface area contributed by atoms with Crippen LogP contribution in [-0.2, 0) is 4.79 Å². The lowest BCUT2D eigenvalue weighted by atomic mass is 10.1. The van der Waals surface area contributed by atoms with Crippen LogP contribution in [0.4, 0.5) is 5.69 Å². The van der Waals surface area contributed by atoms with Gasteiger partial charge >= 0.3 is 0 Å². The number of carbonyl (C=O) groups excluding carboxylic acids is 2. The number of carbonyl (C=O) groups is 2. The zero-order chi connectivity index (χ0) is 20.0. The van der Waals surface area contributed by atoms with Gasteiger partial charge in [0.2, 0.25) is 5.91 Å². The molecular formula is C22H28N2O3. The minimum Gasteiger partial charge on any atom is -0.494 e. The van der Waals surface area contributed by atoms with Gasteiger partial charge in [0.1, 0.15) is 5.75 Å². The van der Waals surface area contributed by atoms with Crippen LogP contribution in [0.3, 0.4) is 0 Å². The molecule has 2 aromatic carbocycles. The van der Waals surface area contributed by atoms with Crippen molar-refractivity contribution < 1.29 is 14.3 Å². The normalized spacial score (nSPS) is 11.8. The van der Waals surface area contributed by atoms with Gasteiger partial charge in [0.15, 0.2) is 0 Å². The molecule has 0 fully saturated rings. The quantitative estimate of drug-likeness (QED) is 0.782. The van der Waals surface area contributed by atoms with Crippen molar-refractivity contribution in [3.8, 4) is 5.75 Å². The van der Waals surface area contributed by atoms with Crippen LogP contribution in [0.1, 0.15) is 49.7 Å². The van der Waals surface area contributed by atoms with E-state index < -0.39 is 0 Å². The van der Waals surface area contributed by atoms with Crippen molar-refractivity contribution >= 4 is 17.5 Å². The third kappa shape index (κ3) is 5.33. The molecule has 0 aliphatic rings. The van der Waals surface area contributed by atoms with Gasteiger partial charge in [-0.1, -0.05) is 32.0 Å². The molecule has 5 nitrogen and oxygen atoms in total. The van der Waals surface area contributed by atoms with Crippen LogP contribution in [0.2, 0.25) is 0 Å². The maximum Gasteiger partial charge on any atom is 0.254 e. The summed E-state index contributed by atoms with van der Waals surface area (Å²) in [6.45, 7) is 8.21. The first-order chi connectivity index (χ1) is 12.8. The van der Waals surface area contributed by atoms with Gasteiger partial charge in [-0.3, -0.25) is 9.59 Å². The molecule has 0 aromatic heterocycles. The number of nitrogens with one attached hydrogen (secondary N) is 1.